The molecule has 0 amide bonds. The number of rotatable bonds is 2. The van der Waals surface area contributed by atoms with Crippen molar-refractivity contribution in [2.24, 2.45) is 0 Å². The van der Waals surface area contributed by atoms with Gasteiger partial charge in [-0.05, 0) is 151 Å². The van der Waals surface area contributed by atoms with Crippen molar-refractivity contribution in [3.05, 3.63) is 192 Å². The van der Waals surface area contributed by atoms with E-state index in [9.17, 15) is 0 Å². The summed E-state index contributed by atoms with van der Waals surface area (Å²) in [6, 6.07) is 64.4. The van der Waals surface area contributed by atoms with Crippen LogP contribution >= 0.6 is 0 Å². The molecule has 0 bridgehead atoms. The molecule has 0 saturated heterocycles. The van der Waals surface area contributed by atoms with Crippen molar-refractivity contribution in [1.82, 2.24) is 0 Å². The summed E-state index contributed by atoms with van der Waals surface area (Å²) in [5, 5.41) is 12.9. The zero-order valence-corrected chi connectivity index (χ0v) is 32.2. The third kappa shape index (κ3) is 4.09. The largest absolute Gasteiger partial charge is 0.0619 e. The normalized spacial score (nSPS) is 14.7. The number of hydrogen-bond donors (Lipinski definition) is 0. The maximum atomic E-state index is 2.59. The number of fused-ring (bicyclic) bond motifs is 12. The van der Waals surface area contributed by atoms with Crippen LogP contribution in [0, 0.1) is 0 Å². The van der Waals surface area contributed by atoms with Crippen LogP contribution in [0.3, 0.4) is 0 Å². The van der Waals surface area contributed by atoms with Gasteiger partial charge in [0.05, 0.1) is 0 Å². The summed E-state index contributed by atoms with van der Waals surface area (Å²) < 4.78 is 0. The first-order valence-corrected chi connectivity index (χ1v) is 20.0. The topological polar surface area (TPSA) is 0 Å². The SMILES string of the molecule is CC1(C)c2ccccc2-c2cc3c(cc21)-c1c(cc(-c2c4ccccc4c(-c4cccc5ccccc45)c4ccccc24)c2cc4ccccc4cc12)C3(C)C. The smallest absolute Gasteiger partial charge is 0.0159 e. The van der Waals surface area contributed by atoms with Crippen LogP contribution in [0.15, 0.2) is 170 Å². The lowest BCUT2D eigenvalue weighted by molar-refractivity contribution is 0.652. The summed E-state index contributed by atoms with van der Waals surface area (Å²) >= 11 is 0. The van der Waals surface area contributed by atoms with Gasteiger partial charge >= 0.3 is 0 Å². The Hall–Kier alpha value is -6.50. The Morgan fingerprint density at radius 3 is 1.38 bits per heavy atom. The highest BCUT2D eigenvalue weighted by Crippen LogP contribution is 2.59. The van der Waals surface area contributed by atoms with E-state index in [0.29, 0.717) is 0 Å². The van der Waals surface area contributed by atoms with Crippen molar-refractivity contribution in [2.75, 3.05) is 0 Å². The van der Waals surface area contributed by atoms with Gasteiger partial charge in [-0.25, -0.2) is 0 Å². The van der Waals surface area contributed by atoms with E-state index in [-0.39, 0.29) is 10.8 Å². The molecule has 0 unspecified atom stereocenters. The molecule has 0 saturated carbocycles. The van der Waals surface area contributed by atoms with Crippen molar-refractivity contribution in [3.8, 4) is 44.5 Å². The second kappa shape index (κ2) is 11.1. The second-order valence-electron chi connectivity index (χ2n) is 17.2. The molecule has 0 heteroatoms. The van der Waals surface area contributed by atoms with Crippen molar-refractivity contribution >= 4 is 53.9 Å². The first kappa shape index (κ1) is 31.8. The van der Waals surface area contributed by atoms with E-state index in [4.69, 9.17) is 0 Å². The van der Waals surface area contributed by atoms with Gasteiger partial charge in [0.2, 0.25) is 0 Å². The quantitative estimate of drug-likeness (QED) is 0.157. The van der Waals surface area contributed by atoms with Gasteiger partial charge in [-0.2, -0.15) is 0 Å². The van der Waals surface area contributed by atoms with Crippen LogP contribution in [0.2, 0.25) is 0 Å². The Balaban J connectivity index is 1.22. The average Bonchev–Trinajstić information content (AvgIpc) is 3.59. The molecule has 0 heterocycles. The van der Waals surface area contributed by atoms with Gasteiger partial charge in [0, 0.05) is 10.8 Å². The lowest BCUT2D eigenvalue weighted by Gasteiger charge is -2.25. The fourth-order valence-electron chi connectivity index (χ4n) is 10.9. The minimum absolute atomic E-state index is 0.0695. The molecule has 0 radical (unpaired) electrons. The minimum Gasteiger partial charge on any atom is -0.0619 e. The van der Waals surface area contributed by atoms with E-state index in [1.807, 2.05) is 0 Å². The van der Waals surface area contributed by atoms with E-state index < -0.39 is 0 Å². The molecule has 56 heavy (non-hydrogen) atoms. The van der Waals surface area contributed by atoms with Gasteiger partial charge in [0.1, 0.15) is 0 Å². The van der Waals surface area contributed by atoms with Gasteiger partial charge in [0.15, 0.2) is 0 Å². The van der Waals surface area contributed by atoms with Gasteiger partial charge in [-0.1, -0.05) is 167 Å². The van der Waals surface area contributed by atoms with Crippen LogP contribution in [-0.4, -0.2) is 0 Å². The molecule has 2 aliphatic carbocycles. The molecule has 0 aliphatic heterocycles. The minimum atomic E-state index is -0.204. The fourth-order valence-corrected chi connectivity index (χ4v) is 10.9. The lowest BCUT2D eigenvalue weighted by Crippen LogP contribution is -2.17. The Bertz CT molecular complexity index is 3290. The predicted octanol–water partition coefficient (Wildman–Crippen LogP) is 15.4. The van der Waals surface area contributed by atoms with Crippen LogP contribution in [0.5, 0.6) is 0 Å². The number of benzene rings is 10. The third-order valence-electron chi connectivity index (χ3n) is 13.6. The van der Waals surface area contributed by atoms with Crippen LogP contribution in [0.25, 0.3) is 98.4 Å². The average molecular weight is 713 g/mol. The van der Waals surface area contributed by atoms with Crippen molar-refractivity contribution in [3.63, 3.8) is 0 Å². The summed E-state index contributed by atoms with van der Waals surface area (Å²) in [7, 11) is 0. The molecule has 12 rings (SSSR count). The molecule has 10 aromatic carbocycles. The summed E-state index contributed by atoms with van der Waals surface area (Å²) in [5.74, 6) is 0. The molecule has 0 atom stereocenters. The highest BCUT2D eigenvalue weighted by atomic mass is 14.5. The summed E-state index contributed by atoms with van der Waals surface area (Å²) in [6.07, 6.45) is 0. The Kier molecular flexibility index (Phi) is 6.28. The highest BCUT2D eigenvalue weighted by Gasteiger charge is 2.42. The van der Waals surface area contributed by atoms with Crippen molar-refractivity contribution < 1.29 is 0 Å². The predicted molar refractivity (Wildman–Crippen MR) is 240 cm³/mol. The third-order valence-corrected chi connectivity index (χ3v) is 13.6. The van der Waals surface area contributed by atoms with Crippen LogP contribution in [-0.2, 0) is 10.8 Å². The molecule has 0 aromatic heterocycles. The van der Waals surface area contributed by atoms with Gasteiger partial charge in [-0.3, -0.25) is 0 Å². The van der Waals surface area contributed by atoms with E-state index >= 15 is 0 Å². The molecule has 10 aromatic rings. The van der Waals surface area contributed by atoms with Crippen molar-refractivity contribution in [2.45, 2.75) is 38.5 Å². The zero-order chi connectivity index (χ0) is 37.5. The van der Waals surface area contributed by atoms with Crippen LogP contribution in [0.1, 0.15) is 49.9 Å². The van der Waals surface area contributed by atoms with Gasteiger partial charge < -0.3 is 0 Å². The fraction of sp³-hybridized carbons (Fsp3) is 0.107. The second-order valence-corrected chi connectivity index (χ2v) is 17.2. The molecule has 2 aliphatic rings. The number of hydrogen-bond acceptors (Lipinski definition) is 0. The first-order chi connectivity index (χ1) is 27.3. The van der Waals surface area contributed by atoms with Crippen molar-refractivity contribution in [1.29, 1.82) is 0 Å². The maximum Gasteiger partial charge on any atom is 0.0159 e. The Morgan fingerprint density at radius 1 is 0.250 bits per heavy atom. The van der Waals surface area contributed by atoms with E-state index in [1.165, 1.54) is 121 Å². The van der Waals surface area contributed by atoms with Gasteiger partial charge in [0.25, 0.3) is 0 Å². The molecule has 0 fully saturated rings. The van der Waals surface area contributed by atoms with Crippen LogP contribution < -0.4 is 0 Å². The zero-order valence-electron chi connectivity index (χ0n) is 32.2. The van der Waals surface area contributed by atoms with E-state index in [0.717, 1.165) is 0 Å². The molecule has 0 spiro atoms. The first-order valence-electron chi connectivity index (χ1n) is 20.0. The van der Waals surface area contributed by atoms with E-state index in [2.05, 4.69) is 198 Å². The Labute approximate surface area is 327 Å². The maximum absolute atomic E-state index is 2.59. The Morgan fingerprint density at radius 2 is 0.696 bits per heavy atom. The van der Waals surface area contributed by atoms with Gasteiger partial charge in [-0.15, -0.1) is 0 Å². The molecule has 0 nitrogen and oxygen atoms in total. The summed E-state index contributed by atoms with van der Waals surface area (Å²) in [5.41, 5.74) is 16.2. The lowest BCUT2D eigenvalue weighted by atomic mass is 9.78. The van der Waals surface area contributed by atoms with Crippen LogP contribution in [0.4, 0.5) is 0 Å². The standard InChI is InChI=1S/C56H40/c1-55(2)48-27-14-13-21-37(48)44-30-50-47(32-49(44)55)54-45-29-35-18-6-5-17-34(35)28-43(45)46(31-51(54)56(50,3)4)53-41-24-11-9-22-39(41)52(40-23-10-12-25-42(40)53)38-26-15-19-33-16-7-8-20-36(33)38/h5-32H,1-4H3. The summed E-state index contributed by atoms with van der Waals surface area (Å²) in [6.45, 7) is 9.70. The molecule has 264 valence electrons. The molecule has 0 N–H and O–H groups in total. The molecular weight excluding hydrogens is 673 g/mol. The summed E-state index contributed by atoms with van der Waals surface area (Å²) in [4.78, 5) is 0. The highest BCUT2D eigenvalue weighted by molar-refractivity contribution is 6.26. The molecular formula is C56H40. The monoisotopic (exact) mass is 712 g/mol. The van der Waals surface area contributed by atoms with E-state index in [1.54, 1.807) is 0 Å².